The van der Waals surface area contributed by atoms with Crippen molar-refractivity contribution in [1.82, 2.24) is 10.7 Å². The lowest BCUT2D eigenvalue weighted by Crippen LogP contribution is -2.62. The van der Waals surface area contributed by atoms with Crippen LogP contribution < -0.4 is 30.7 Å². The van der Waals surface area contributed by atoms with Gasteiger partial charge >= 0.3 is 6.03 Å². The molecule has 3 aromatic rings. The largest absolute Gasteiger partial charge is 0.510 e. The molecule has 3 amide bonds. The molecule has 11 nitrogen and oxygen atoms in total. The fraction of sp³-hybridized carbons (Fsp3) is 0.258. The first-order valence-corrected chi connectivity index (χ1v) is 13.9. The van der Waals surface area contributed by atoms with Crippen molar-refractivity contribution >= 4 is 34.8 Å². The summed E-state index contributed by atoms with van der Waals surface area (Å²) < 4.78 is 24.9. The lowest BCUT2D eigenvalue weighted by molar-refractivity contribution is -0.139. The van der Waals surface area contributed by atoms with E-state index in [-0.39, 0.29) is 43.0 Å². The van der Waals surface area contributed by atoms with Crippen molar-refractivity contribution in [3.05, 3.63) is 88.4 Å². The zero-order valence-corrected chi connectivity index (χ0v) is 23.5. The number of benzene rings is 3. The van der Waals surface area contributed by atoms with Gasteiger partial charge in [-0.3, -0.25) is 15.2 Å². The summed E-state index contributed by atoms with van der Waals surface area (Å²) in [5, 5.41) is 27.8. The first-order chi connectivity index (χ1) is 20.6. The van der Waals surface area contributed by atoms with Crippen LogP contribution in [0.1, 0.15) is 16.7 Å². The second-order valence-electron chi connectivity index (χ2n) is 11.2. The third-order valence-electron chi connectivity index (χ3n) is 8.31. The van der Waals surface area contributed by atoms with Gasteiger partial charge in [-0.15, -0.1) is 0 Å². The van der Waals surface area contributed by atoms with Crippen molar-refractivity contribution < 1.29 is 28.6 Å². The van der Waals surface area contributed by atoms with E-state index in [0.29, 0.717) is 34.8 Å². The van der Waals surface area contributed by atoms with E-state index in [0.717, 1.165) is 21.6 Å². The van der Waals surface area contributed by atoms with Crippen LogP contribution in [0.5, 0.6) is 11.5 Å². The SMILES string of the molecule is Cc1cc(Oc2ccccc2F)ccc1N1NCC(=C(O)C2Cc3cc(C)c(N4C(=O)NC5(COC5)C4=O)cc3N2)C1=N. The molecule has 0 bridgehead atoms. The second-order valence-corrected chi connectivity index (χ2v) is 11.2. The Hall–Kier alpha value is -4.94. The predicted molar refractivity (Wildman–Crippen MR) is 157 cm³/mol. The number of aliphatic hydroxyl groups is 1. The number of amidine groups is 1. The number of para-hydroxylation sites is 1. The molecule has 4 heterocycles. The smallest absolute Gasteiger partial charge is 0.329 e. The van der Waals surface area contributed by atoms with Crippen LogP contribution in [-0.4, -0.2) is 54.2 Å². The summed E-state index contributed by atoms with van der Waals surface area (Å²) >= 11 is 0. The lowest BCUT2D eigenvalue weighted by Gasteiger charge is -2.34. The third kappa shape index (κ3) is 4.29. The molecule has 1 spiro atoms. The van der Waals surface area contributed by atoms with Crippen LogP contribution in [0.4, 0.5) is 26.2 Å². The Labute approximate surface area is 246 Å². The molecule has 3 fully saturated rings. The molecular weight excluding hydrogens is 555 g/mol. The highest BCUT2D eigenvalue weighted by Crippen LogP contribution is 2.39. The van der Waals surface area contributed by atoms with Crippen LogP contribution in [0.2, 0.25) is 0 Å². The number of hydrazine groups is 1. The molecule has 0 aliphatic carbocycles. The summed E-state index contributed by atoms with van der Waals surface area (Å²) in [6.07, 6.45) is 0.470. The standard InChI is InChI=1S/C31H29FN6O5/c1-16-9-18-11-23(35-22(18)12-25(16)37-29(40)31(14-42-15-31)36-30(37)41)27(39)20-13-34-38(28(20)33)24-8-7-19(10-17(24)2)43-26-6-4-3-5-21(26)32/h3-10,12,23,33-35,39H,11,13-15H2,1-2H3,(H,36,41). The van der Waals surface area contributed by atoms with Crippen LogP contribution in [0.25, 0.3) is 0 Å². The van der Waals surface area contributed by atoms with E-state index < -0.39 is 23.4 Å². The molecule has 3 aromatic carbocycles. The number of nitrogens with one attached hydrogen (secondary N) is 4. The number of carbonyl (C=O) groups excluding carboxylic acids is 2. The Kier molecular flexibility index (Phi) is 6.15. The minimum atomic E-state index is -0.992. The fourth-order valence-electron chi connectivity index (χ4n) is 5.95. The van der Waals surface area contributed by atoms with E-state index in [9.17, 15) is 19.1 Å². The molecule has 3 saturated heterocycles. The van der Waals surface area contributed by atoms with E-state index in [1.165, 1.54) is 6.07 Å². The molecule has 220 valence electrons. The van der Waals surface area contributed by atoms with Crippen molar-refractivity contribution in [2.45, 2.75) is 31.8 Å². The van der Waals surface area contributed by atoms with E-state index in [2.05, 4.69) is 16.1 Å². The maximum atomic E-state index is 14.0. The fourth-order valence-corrected chi connectivity index (χ4v) is 5.95. The van der Waals surface area contributed by atoms with Gasteiger partial charge < -0.3 is 25.2 Å². The molecule has 12 heteroatoms. The van der Waals surface area contributed by atoms with Gasteiger partial charge in [0.05, 0.1) is 36.2 Å². The number of fused-ring (bicyclic) bond motifs is 1. The van der Waals surface area contributed by atoms with Gasteiger partial charge in [-0.2, -0.15) is 0 Å². The number of aliphatic hydroxyl groups excluding tert-OH is 1. The Morgan fingerprint density at radius 3 is 2.56 bits per heavy atom. The monoisotopic (exact) mass is 584 g/mol. The third-order valence-corrected chi connectivity index (χ3v) is 8.31. The van der Waals surface area contributed by atoms with E-state index >= 15 is 0 Å². The molecule has 0 radical (unpaired) electrons. The van der Waals surface area contributed by atoms with Gasteiger partial charge in [0.15, 0.2) is 17.1 Å². The zero-order chi connectivity index (χ0) is 30.0. The lowest BCUT2D eigenvalue weighted by atomic mass is 9.97. The average Bonchev–Trinajstić information content (AvgIpc) is 3.62. The van der Waals surface area contributed by atoms with Crippen molar-refractivity contribution in [2.24, 2.45) is 0 Å². The van der Waals surface area contributed by atoms with E-state index in [1.54, 1.807) is 47.5 Å². The molecular formula is C31H29FN6O5. The van der Waals surface area contributed by atoms with Crippen LogP contribution in [-0.2, 0) is 16.0 Å². The van der Waals surface area contributed by atoms with Crippen LogP contribution >= 0.6 is 0 Å². The Morgan fingerprint density at radius 1 is 1.09 bits per heavy atom. The van der Waals surface area contributed by atoms with Gasteiger partial charge in [0.25, 0.3) is 5.91 Å². The molecule has 4 aliphatic heterocycles. The average molecular weight is 585 g/mol. The minimum Gasteiger partial charge on any atom is -0.510 e. The maximum absolute atomic E-state index is 14.0. The number of urea groups is 1. The highest BCUT2D eigenvalue weighted by molar-refractivity contribution is 6.24. The second kappa shape index (κ2) is 9.82. The molecule has 0 saturated carbocycles. The molecule has 1 atom stereocenters. The molecule has 0 aromatic heterocycles. The molecule has 5 N–H and O–H groups in total. The van der Waals surface area contributed by atoms with Crippen molar-refractivity contribution in [3.8, 4) is 11.5 Å². The van der Waals surface area contributed by atoms with Crippen molar-refractivity contribution in [2.75, 3.05) is 35.0 Å². The number of imide groups is 1. The van der Waals surface area contributed by atoms with Crippen LogP contribution in [0.15, 0.2) is 65.9 Å². The topological polar surface area (TPSA) is 139 Å². The number of anilines is 3. The van der Waals surface area contributed by atoms with Crippen LogP contribution in [0.3, 0.4) is 0 Å². The molecule has 7 rings (SSSR count). The van der Waals surface area contributed by atoms with Crippen molar-refractivity contribution in [3.63, 3.8) is 0 Å². The first kappa shape index (κ1) is 26.9. The Morgan fingerprint density at radius 2 is 1.86 bits per heavy atom. The Bertz CT molecular complexity index is 1750. The molecule has 1 unspecified atom stereocenters. The number of nitrogens with zero attached hydrogens (tertiary/aromatic N) is 2. The summed E-state index contributed by atoms with van der Waals surface area (Å²) in [6, 6.07) is 14.1. The van der Waals surface area contributed by atoms with Gasteiger partial charge in [0, 0.05) is 18.7 Å². The van der Waals surface area contributed by atoms with Gasteiger partial charge in [0.2, 0.25) is 0 Å². The minimum absolute atomic E-state index is 0.0353. The first-order valence-electron chi connectivity index (χ1n) is 13.9. The summed E-state index contributed by atoms with van der Waals surface area (Å²) in [7, 11) is 0. The van der Waals surface area contributed by atoms with Crippen LogP contribution in [0, 0.1) is 25.1 Å². The number of hydrogen-bond acceptors (Lipinski definition) is 8. The van der Waals surface area contributed by atoms with E-state index in [1.807, 2.05) is 19.9 Å². The number of halogens is 1. The quantitative estimate of drug-likeness (QED) is 0.222. The maximum Gasteiger partial charge on any atom is 0.329 e. The zero-order valence-electron chi connectivity index (χ0n) is 23.5. The molecule has 4 aliphatic rings. The van der Waals surface area contributed by atoms with E-state index in [4.69, 9.17) is 14.9 Å². The predicted octanol–water partition coefficient (Wildman–Crippen LogP) is 4.21. The number of carbonyl (C=O) groups is 2. The van der Waals surface area contributed by atoms with Gasteiger partial charge in [-0.1, -0.05) is 18.2 Å². The number of aryl methyl sites for hydroxylation is 2. The highest BCUT2D eigenvalue weighted by atomic mass is 19.1. The van der Waals surface area contributed by atoms with Gasteiger partial charge in [-0.25, -0.2) is 19.5 Å². The number of hydrogen-bond donors (Lipinski definition) is 5. The highest BCUT2D eigenvalue weighted by Gasteiger charge is 2.57. The normalized spacial score (nSPS) is 21.6. The summed E-state index contributed by atoms with van der Waals surface area (Å²) in [4.78, 5) is 27.0. The summed E-state index contributed by atoms with van der Waals surface area (Å²) in [5.41, 5.74) is 6.97. The van der Waals surface area contributed by atoms with Gasteiger partial charge in [-0.05, 0) is 66.9 Å². The number of ether oxygens (including phenoxy) is 2. The summed E-state index contributed by atoms with van der Waals surface area (Å²) in [5.74, 6) is -0.0739. The van der Waals surface area contributed by atoms with Crippen molar-refractivity contribution in [1.29, 1.82) is 5.41 Å². The number of amides is 3. The molecule has 43 heavy (non-hydrogen) atoms. The van der Waals surface area contributed by atoms with Gasteiger partial charge in [0.1, 0.15) is 17.3 Å². The Balaban J connectivity index is 1.09. The summed E-state index contributed by atoms with van der Waals surface area (Å²) in [6.45, 7) is 4.25. The number of rotatable bonds is 5.